The molecule has 1 heterocycles. The normalized spacial score (nSPS) is 18.2. The SMILES string of the molecule is CCOC1(C(=O)Cc2cccnc2)CCCC1. The summed E-state index contributed by atoms with van der Waals surface area (Å²) in [6.07, 6.45) is 7.86. The highest BCUT2D eigenvalue weighted by molar-refractivity contribution is 5.89. The van der Waals surface area contributed by atoms with Crippen molar-refractivity contribution in [2.45, 2.75) is 44.6 Å². The lowest BCUT2D eigenvalue weighted by Crippen LogP contribution is -2.40. The summed E-state index contributed by atoms with van der Waals surface area (Å²) in [6, 6.07) is 3.81. The van der Waals surface area contributed by atoms with Crippen molar-refractivity contribution in [1.82, 2.24) is 4.98 Å². The minimum atomic E-state index is -0.509. The lowest BCUT2D eigenvalue weighted by molar-refractivity contribution is -0.142. The van der Waals surface area contributed by atoms with Crippen molar-refractivity contribution in [3.05, 3.63) is 30.1 Å². The second-order valence-electron chi connectivity index (χ2n) is 4.60. The first-order valence-electron chi connectivity index (χ1n) is 6.33. The van der Waals surface area contributed by atoms with Gasteiger partial charge >= 0.3 is 0 Å². The van der Waals surface area contributed by atoms with Gasteiger partial charge in [0, 0.05) is 25.4 Å². The Morgan fingerprint density at radius 2 is 2.24 bits per heavy atom. The number of aromatic nitrogens is 1. The van der Waals surface area contributed by atoms with Crippen LogP contribution in [-0.2, 0) is 16.0 Å². The number of ketones is 1. The number of rotatable bonds is 5. The summed E-state index contributed by atoms with van der Waals surface area (Å²) in [5.74, 6) is 0.213. The average Bonchev–Trinajstić information content (AvgIpc) is 2.81. The first-order chi connectivity index (χ1) is 8.27. The Labute approximate surface area is 102 Å². The molecule has 0 aliphatic heterocycles. The topological polar surface area (TPSA) is 39.2 Å². The van der Waals surface area contributed by atoms with Gasteiger partial charge in [-0.15, -0.1) is 0 Å². The summed E-state index contributed by atoms with van der Waals surface area (Å²) in [4.78, 5) is 16.4. The third kappa shape index (κ3) is 2.72. The molecule has 1 aliphatic rings. The molecule has 0 radical (unpaired) electrons. The largest absolute Gasteiger partial charge is 0.367 e. The van der Waals surface area contributed by atoms with Crippen molar-refractivity contribution < 1.29 is 9.53 Å². The first kappa shape index (κ1) is 12.2. The van der Waals surface area contributed by atoms with Crippen LogP contribution < -0.4 is 0 Å². The van der Waals surface area contributed by atoms with E-state index in [1.165, 1.54) is 0 Å². The number of nitrogens with zero attached hydrogens (tertiary/aromatic N) is 1. The molecular formula is C14H19NO2. The lowest BCUT2D eigenvalue weighted by Gasteiger charge is -2.27. The van der Waals surface area contributed by atoms with Crippen LogP contribution in [0.4, 0.5) is 0 Å². The first-order valence-corrected chi connectivity index (χ1v) is 6.33. The van der Waals surface area contributed by atoms with E-state index in [1.807, 2.05) is 19.1 Å². The van der Waals surface area contributed by atoms with E-state index >= 15 is 0 Å². The molecule has 1 fully saturated rings. The van der Waals surface area contributed by atoms with Crippen LogP contribution in [0.3, 0.4) is 0 Å². The van der Waals surface area contributed by atoms with Crippen LogP contribution >= 0.6 is 0 Å². The number of ether oxygens (including phenoxy) is 1. The van der Waals surface area contributed by atoms with Gasteiger partial charge in [-0.25, -0.2) is 0 Å². The summed E-state index contributed by atoms with van der Waals surface area (Å²) >= 11 is 0. The molecule has 0 unspecified atom stereocenters. The average molecular weight is 233 g/mol. The van der Waals surface area contributed by atoms with E-state index in [2.05, 4.69) is 4.98 Å². The molecule has 0 spiro atoms. The molecule has 1 aromatic heterocycles. The predicted molar refractivity (Wildman–Crippen MR) is 65.8 cm³/mol. The fourth-order valence-corrected chi connectivity index (χ4v) is 2.58. The van der Waals surface area contributed by atoms with Crippen LogP contribution in [0.5, 0.6) is 0 Å². The Kier molecular flexibility index (Phi) is 3.89. The standard InChI is InChI=1S/C14H19NO2/c1-2-17-14(7-3-4-8-14)13(16)10-12-6-5-9-15-11-12/h5-6,9,11H,2-4,7-8,10H2,1H3. The molecule has 0 bridgehead atoms. The number of hydrogen-bond acceptors (Lipinski definition) is 3. The number of hydrogen-bond donors (Lipinski definition) is 0. The van der Waals surface area contributed by atoms with E-state index in [1.54, 1.807) is 12.4 Å². The lowest BCUT2D eigenvalue weighted by atomic mass is 9.92. The molecule has 0 atom stereocenters. The zero-order valence-corrected chi connectivity index (χ0v) is 10.3. The van der Waals surface area contributed by atoms with Crippen molar-refractivity contribution in [2.75, 3.05) is 6.61 Å². The molecule has 3 heteroatoms. The Bertz CT molecular complexity index is 369. The maximum atomic E-state index is 12.4. The van der Waals surface area contributed by atoms with E-state index in [9.17, 15) is 4.79 Å². The van der Waals surface area contributed by atoms with Crippen molar-refractivity contribution in [3.8, 4) is 0 Å². The molecular weight excluding hydrogens is 214 g/mol. The third-order valence-electron chi connectivity index (χ3n) is 3.43. The smallest absolute Gasteiger partial charge is 0.169 e. The second-order valence-corrected chi connectivity index (χ2v) is 4.60. The van der Waals surface area contributed by atoms with Gasteiger partial charge in [-0.2, -0.15) is 0 Å². The summed E-state index contributed by atoms with van der Waals surface area (Å²) in [7, 11) is 0. The molecule has 1 aromatic rings. The highest BCUT2D eigenvalue weighted by atomic mass is 16.5. The fourth-order valence-electron chi connectivity index (χ4n) is 2.58. The van der Waals surface area contributed by atoms with E-state index in [0.29, 0.717) is 13.0 Å². The number of Topliss-reactive ketones (excluding diaryl/α,β-unsaturated/α-hetero) is 1. The zero-order valence-electron chi connectivity index (χ0n) is 10.3. The quantitative estimate of drug-likeness (QED) is 0.784. The summed E-state index contributed by atoms with van der Waals surface area (Å²) < 4.78 is 5.75. The van der Waals surface area contributed by atoms with Gasteiger partial charge in [0.05, 0.1) is 0 Å². The Morgan fingerprint density at radius 1 is 1.47 bits per heavy atom. The van der Waals surface area contributed by atoms with E-state index < -0.39 is 5.60 Å². The minimum Gasteiger partial charge on any atom is -0.367 e. The van der Waals surface area contributed by atoms with Crippen LogP contribution in [0.25, 0.3) is 0 Å². The third-order valence-corrected chi connectivity index (χ3v) is 3.43. The molecule has 0 amide bonds. The monoisotopic (exact) mass is 233 g/mol. The van der Waals surface area contributed by atoms with Crippen LogP contribution in [0.2, 0.25) is 0 Å². The highest BCUT2D eigenvalue weighted by Gasteiger charge is 2.41. The van der Waals surface area contributed by atoms with Crippen LogP contribution in [0.15, 0.2) is 24.5 Å². The van der Waals surface area contributed by atoms with Gasteiger partial charge in [0.2, 0.25) is 0 Å². The fraction of sp³-hybridized carbons (Fsp3) is 0.571. The summed E-state index contributed by atoms with van der Waals surface area (Å²) in [5, 5.41) is 0. The molecule has 0 aromatic carbocycles. The Morgan fingerprint density at radius 3 is 2.82 bits per heavy atom. The molecule has 0 saturated heterocycles. The van der Waals surface area contributed by atoms with Crippen LogP contribution in [0.1, 0.15) is 38.2 Å². The van der Waals surface area contributed by atoms with Crippen molar-refractivity contribution >= 4 is 5.78 Å². The highest BCUT2D eigenvalue weighted by Crippen LogP contribution is 2.34. The van der Waals surface area contributed by atoms with E-state index in [4.69, 9.17) is 4.74 Å². The van der Waals surface area contributed by atoms with Gasteiger partial charge in [-0.1, -0.05) is 6.07 Å². The number of carbonyl (C=O) groups is 1. The van der Waals surface area contributed by atoms with Gasteiger partial charge in [0.1, 0.15) is 5.60 Å². The number of pyridine rings is 1. The Hall–Kier alpha value is -1.22. The molecule has 2 rings (SSSR count). The molecule has 92 valence electrons. The maximum Gasteiger partial charge on any atom is 0.169 e. The molecule has 3 nitrogen and oxygen atoms in total. The molecule has 0 N–H and O–H groups in total. The Balaban J connectivity index is 2.07. The summed E-state index contributed by atoms with van der Waals surface area (Å²) in [6.45, 7) is 2.57. The van der Waals surface area contributed by atoms with Crippen molar-refractivity contribution in [2.24, 2.45) is 0 Å². The van der Waals surface area contributed by atoms with Crippen molar-refractivity contribution in [3.63, 3.8) is 0 Å². The minimum absolute atomic E-state index is 0.213. The number of carbonyl (C=O) groups excluding carboxylic acids is 1. The van der Waals surface area contributed by atoms with Gasteiger partial charge in [0.25, 0.3) is 0 Å². The van der Waals surface area contributed by atoms with Crippen molar-refractivity contribution in [1.29, 1.82) is 0 Å². The van der Waals surface area contributed by atoms with Crippen LogP contribution in [0, 0.1) is 0 Å². The second kappa shape index (κ2) is 5.41. The van der Waals surface area contributed by atoms with E-state index in [-0.39, 0.29) is 5.78 Å². The van der Waals surface area contributed by atoms with Gasteiger partial charge < -0.3 is 4.74 Å². The maximum absolute atomic E-state index is 12.4. The molecule has 1 aliphatic carbocycles. The van der Waals surface area contributed by atoms with Gasteiger partial charge in [-0.05, 0) is 44.2 Å². The van der Waals surface area contributed by atoms with Crippen LogP contribution in [-0.4, -0.2) is 23.0 Å². The molecule has 17 heavy (non-hydrogen) atoms. The van der Waals surface area contributed by atoms with E-state index in [0.717, 1.165) is 31.2 Å². The molecule has 1 saturated carbocycles. The zero-order chi connectivity index (χ0) is 12.1. The summed E-state index contributed by atoms with van der Waals surface area (Å²) in [5.41, 5.74) is 0.466. The van der Waals surface area contributed by atoms with Gasteiger partial charge in [-0.3, -0.25) is 9.78 Å². The predicted octanol–water partition coefficient (Wildman–Crippen LogP) is 2.54. The van der Waals surface area contributed by atoms with Gasteiger partial charge in [0.15, 0.2) is 5.78 Å².